The second kappa shape index (κ2) is 7.33. The van der Waals surface area contributed by atoms with Crippen LogP contribution in [0.1, 0.15) is 19.3 Å². The molecule has 2 atom stereocenters. The minimum absolute atomic E-state index is 0.0743. The van der Waals surface area contributed by atoms with Crippen LogP contribution in [0.15, 0.2) is 36.5 Å². The quantitative estimate of drug-likeness (QED) is 0.870. The second-order valence-electron chi connectivity index (χ2n) is 6.90. The van der Waals surface area contributed by atoms with Gasteiger partial charge in [0.1, 0.15) is 11.7 Å². The van der Waals surface area contributed by atoms with Gasteiger partial charge in [0.15, 0.2) is 0 Å². The largest absolute Gasteiger partial charge is 0.341 e. The molecule has 25 heavy (non-hydrogen) atoms. The molecule has 2 aliphatic heterocycles. The van der Waals surface area contributed by atoms with Crippen molar-refractivity contribution in [2.45, 2.75) is 31.8 Å². The number of likely N-dealkylation sites (tertiary alicyclic amines) is 1. The van der Waals surface area contributed by atoms with Crippen molar-refractivity contribution < 1.29 is 4.79 Å². The van der Waals surface area contributed by atoms with Crippen LogP contribution in [0.3, 0.4) is 0 Å². The fourth-order valence-corrected chi connectivity index (χ4v) is 3.70. The van der Waals surface area contributed by atoms with Crippen LogP contribution < -0.4 is 10.9 Å². The van der Waals surface area contributed by atoms with Gasteiger partial charge in [0, 0.05) is 31.7 Å². The van der Waals surface area contributed by atoms with Gasteiger partial charge in [-0.25, -0.2) is 5.43 Å². The lowest BCUT2D eigenvalue weighted by Crippen LogP contribution is -2.49. The van der Waals surface area contributed by atoms with Crippen LogP contribution in [0.5, 0.6) is 0 Å². The average molecular weight is 340 g/mol. The molecule has 0 saturated carbocycles. The summed E-state index contributed by atoms with van der Waals surface area (Å²) in [6.07, 6.45) is 5.04. The molecule has 7 nitrogen and oxygen atoms in total. The summed E-state index contributed by atoms with van der Waals surface area (Å²) >= 11 is 0. The topological polar surface area (TPSA) is 75.1 Å². The molecule has 2 fully saturated rings. The number of aromatic nitrogens is 3. The first-order valence-corrected chi connectivity index (χ1v) is 9.02. The second-order valence-corrected chi connectivity index (χ2v) is 6.90. The van der Waals surface area contributed by atoms with E-state index < -0.39 is 0 Å². The Balaban J connectivity index is 1.37. The third kappa shape index (κ3) is 3.72. The summed E-state index contributed by atoms with van der Waals surface area (Å²) in [6, 6.07) is 10.0. The van der Waals surface area contributed by atoms with Gasteiger partial charge in [-0.2, -0.15) is 0 Å². The van der Waals surface area contributed by atoms with Crippen molar-refractivity contribution in [2.24, 2.45) is 5.92 Å². The molecular formula is C18H24N6O. The number of hydrogen-bond donors (Lipinski definition) is 2. The van der Waals surface area contributed by atoms with E-state index in [0.717, 1.165) is 56.7 Å². The molecule has 1 amide bonds. The number of rotatable bonds is 4. The van der Waals surface area contributed by atoms with E-state index in [2.05, 4.69) is 21.2 Å². The van der Waals surface area contributed by atoms with Gasteiger partial charge in [0.05, 0.1) is 6.20 Å². The van der Waals surface area contributed by atoms with Crippen molar-refractivity contribution in [1.29, 1.82) is 0 Å². The van der Waals surface area contributed by atoms with Crippen molar-refractivity contribution in [3.05, 3.63) is 36.5 Å². The molecule has 7 heteroatoms. The minimum Gasteiger partial charge on any atom is -0.341 e. The van der Waals surface area contributed by atoms with Gasteiger partial charge in [0.25, 0.3) is 0 Å². The van der Waals surface area contributed by atoms with Crippen LogP contribution in [-0.4, -0.2) is 51.5 Å². The summed E-state index contributed by atoms with van der Waals surface area (Å²) in [5, 5.41) is 8.56. The third-order valence-corrected chi connectivity index (χ3v) is 5.02. The van der Waals surface area contributed by atoms with Crippen molar-refractivity contribution in [3.63, 3.8) is 0 Å². The normalized spacial score (nSPS) is 23.8. The molecule has 132 valence electrons. The van der Waals surface area contributed by atoms with Crippen molar-refractivity contribution in [1.82, 2.24) is 30.7 Å². The van der Waals surface area contributed by atoms with Gasteiger partial charge in [-0.3, -0.25) is 14.9 Å². The maximum absolute atomic E-state index is 12.6. The first kappa shape index (κ1) is 16.2. The summed E-state index contributed by atoms with van der Waals surface area (Å²) in [5.74, 6) is 0.649. The van der Waals surface area contributed by atoms with E-state index in [-0.39, 0.29) is 11.9 Å². The van der Waals surface area contributed by atoms with Gasteiger partial charge < -0.3 is 4.90 Å². The Morgan fingerprint density at radius 1 is 1.24 bits per heavy atom. The maximum Gasteiger partial charge on any atom is 0.241 e. The SMILES string of the molecule is O=C(C1CCNN1)N1CCCC(Cn2cc(-c3ccccc3)nn2)C1. The molecule has 1 aromatic heterocycles. The summed E-state index contributed by atoms with van der Waals surface area (Å²) in [4.78, 5) is 14.6. The number of hydrazine groups is 1. The van der Waals surface area contributed by atoms with E-state index in [0.29, 0.717) is 5.92 Å². The van der Waals surface area contributed by atoms with Gasteiger partial charge in [-0.05, 0) is 25.2 Å². The number of piperidine rings is 1. The molecule has 0 aliphatic carbocycles. The zero-order valence-electron chi connectivity index (χ0n) is 14.3. The average Bonchev–Trinajstić information content (AvgIpc) is 3.34. The van der Waals surface area contributed by atoms with E-state index in [4.69, 9.17) is 0 Å². The molecule has 0 radical (unpaired) electrons. The number of benzene rings is 1. The number of carbonyl (C=O) groups excluding carboxylic acids is 1. The van der Waals surface area contributed by atoms with E-state index in [1.165, 1.54) is 0 Å². The molecule has 2 saturated heterocycles. The Labute approximate surface area is 147 Å². The molecule has 2 aliphatic rings. The first-order chi connectivity index (χ1) is 12.3. The Kier molecular flexibility index (Phi) is 4.76. The zero-order valence-corrected chi connectivity index (χ0v) is 14.3. The zero-order chi connectivity index (χ0) is 17.1. The van der Waals surface area contributed by atoms with Crippen molar-refractivity contribution >= 4 is 5.91 Å². The smallest absolute Gasteiger partial charge is 0.241 e. The lowest BCUT2D eigenvalue weighted by molar-refractivity contribution is -0.135. The highest BCUT2D eigenvalue weighted by Gasteiger charge is 2.30. The highest BCUT2D eigenvalue weighted by Crippen LogP contribution is 2.21. The lowest BCUT2D eigenvalue weighted by Gasteiger charge is -2.34. The first-order valence-electron chi connectivity index (χ1n) is 9.02. The third-order valence-electron chi connectivity index (χ3n) is 5.02. The molecule has 2 aromatic rings. The van der Waals surface area contributed by atoms with E-state index in [9.17, 15) is 4.79 Å². The molecule has 1 aromatic carbocycles. The Hall–Kier alpha value is -2.25. The van der Waals surface area contributed by atoms with Crippen LogP contribution in [-0.2, 0) is 11.3 Å². The van der Waals surface area contributed by atoms with Gasteiger partial charge in [-0.15, -0.1) is 5.10 Å². The highest BCUT2D eigenvalue weighted by molar-refractivity contribution is 5.82. The molecule has 2 N–H and O–H groups in total. The predicted octanol–water partition coefficient (Wildman–Crippen LogP) is 1.05. The molecule has 2 unspecified atom stereocenters. The molecule has 3 heterocycles. The number of amides is 1. The lowest BCUT2D eigenvalue weighted by atomic mass is 9.97. The molecule has 0 bridgehead atoms. The van der Waals surface area contributed by atoms with Gasteiger partial charge >= 0.3 is 0 Å². The van der Waals surface area contributed by atoms with E-state index >= 15 is 0 Å². The van der Waals surface area contributed by atoms with E-state index in [1.54, 1.807) is 0 Å². The maximum atomic E-state index is 12.6. The van der Waals surface area contributed by atoms with Gasteiger partial charge in [-0.1, -0.05) is 35.5 Å². The summed E-state index contributed by atoms with van der Waals surface area (Å²) in [7, 11) is 0. The van der Waals surface area contributed by atoms with Crippen LogP contribution in [0, 0.1) is 5.92 Å². The van der Waals surface area contributed by atoms with Crippen LogP contribution >= 0.6 is 0 Å². The standard InChI is InChI=1S/C18H24N6O/c25-18(16-8-9-19-20-16)23-10-4-5-14(11-23)12-24-13-17(21-22-24)15-6-2-1-3-7-15/h1-3,6-7,13-14,16,19-20H,4-5,8-12H2. The van der Waals surface area contributed by atoms with Crippen molar-refractivity contribution in [3.8, 4) is 11.3 Å². The van der Waals surface area contributed by atoms with Crippen molar-refractivity contribution in [2.75, 3.05) is 19.6 Å². The fourth-order valence-electron chi connectivity index (χ4n) is 3.70. The van der Waals surface area contributed by atoms with Crippen LogP contribution in [0.4, 0.5) is 0 Å². The van der Waals surface area contributed by atoms with Crippen LogP contribution in [0.2, 0.25) is 0 Å². The highest BCUT2D eigenvalue weighted by atomic mass is 16.2. The number of carbonyl (C=O) groups is 1. The van der Waals surface area contributed by atoms with Crippen LogP contribution in [0.25, 0.3) is 11.3 Å². The Morgan fingerprint density at radius 3 is 2.92 bits per heavy atom. The molecule has 0 spiro atoms. The summed E-state index contributed by atoms with van der Waals surface area (Å²) < 4.78 is 1.91. The number of hydrogen-bond acceptors (Lipinski definition) is 5. The number of nitrogens with zero attached hydrogens (tertiary/aromatic N) is 4. The van der Waals surface area contributed by atoms with E-state index in [1.807, 2.05) is 46.1 Å². The Morgan fingerprint density at radius 2 is 2.12 bits per heavy atom. The molecule has 4 rings (SSSR count). The van der Waals surface area contributed by atoms with Gasteiger partial charge in [0.2, 0.25) is 5.91 Å². The summed E-state index contributed by atoms with van der Waals surface area (Å²) in [5.41, 5.74) is 8.08. The predicted molar refractivity (Wildman–Crippen MR) is 94.3 cm³/mol. The fraction of sp³-hybridized carbons (Fsp3) is 0.500. The monoisotopic (exact) mass is 340 g/mol. The molecular weight excluding hydrogens is 316 g/mol. The minimum atomic E-state index is -0.0743. The number of nitrogens with one attached hydrogen (secondary N) is 2. The Bertz CT molecular complexity index is 709. The summed E-state index contributed by atoms with van der Waals surface area (Å²) in [6.45, 7) is 3.33.